The Balaban J connectivity index is 2.09. The first kappa shape index (κ1) is 20.8. The highest BCUT2D eigenvalue weighted by molar-refractivity contribution is 7.92. The molecule has 0 aromatic heterocycles. The van der Waals surface area contributed by atoms with E-state index < -0.39 is 32.4 Å². The van der Waals surface area contributed by atoms with Crippen LogP contribution in [0.5, 0.6) is 0 Å². The molecule has 7 heteroatoms. The smallest absolute Gasteiger partial charge is 0.315 e. The number of sulfone groups is 1. The molecule has 0 amide bonds. The van der Waals surface area contributed by atoms with E-state index in [2.05, 4.69) is 0 Å². The summed E-state index contributed by atoms with van der Waals surface area (Å²) < 4.78 is 32.0. The van der Waals surface area contributed by atoms with Gasteiger partial charge in [0.25, 0.3) is 0 Å². The molecule has 0 heterocycles. The molecule has 2 aromatic carbocycles. The fraction of sp³-hybridized carbons (Fsp3) is 0.381. The monoisotopic (exact) mass is 421 g/mol. The molecule has 0 bridgehead atoms. The highest BCUT2D eigenvalue weighted by atomic mass is 35.5. The van der Waals surface area contributed by atoms with E-state index in [1.54, 1.807) is 6.92 Å². The maximum atomic E-state index is 13.4. The Bertz CT molecular complexity index is 957. The van der Waals surface area contributed by atoms with Gasteiger partial charge in [-0.1, -0.05) is 42.8 Å². The van der Waals surface area contributed by atoms with Crippen LogP contribution in [0.4, 0.5) is 0 Å². The number of rotatable bonds is 7. The van der Waals surface area contributed by atoms with Crippen molar-refractivity contribution in [3.63, 3.8) is 0 Å². The highest BCUT2D eigenvalue weighted by Crippen LogP contribution is 2.64. The van der Waals surface area contributed by atoms with Gasteiger partial charge in [0.1, 0.15) is 5.41 Å². The average molecular weight is 422 g/mol. The summed E-state index contributed by atoms with van der Waals surface area (Å²) in [4.78, 5) is 12.9. The molecule has 5 nitrogen and oxygen atoms in total. The second kappa shape index (κ2) is 7.85. The molecular formula is C21H24ClNO4S. The predicted octanol–water partition coefficient (Wildman–Crippen LogP) is 3.35. The number of benzene rings is 2. The first-order chi connectivity index (χ1) is 13.3. The van der Waals surface area contributed by atoms with Crippen molar-refractivity contribution in [2.75, 3.05) is 13.2 Å². The molecule has 2 aromatic rings. The molecule has 0 spiro atoms. The zero-order valence-corrected chi connectivity index (χ0v) is 17.5. The second-order valence-corrected chi connectivity index (χ2v) is 9.46. The summed E-state index contributed by atoms with van der Waals surface area (Å²) in [6.45, 7) is 3.79. The van der Waals surface area contributed by atoms with Gasteiger partial charge >= 0.3 is 5.97 Å². The van der Waals surface area contributed by atoms with Crippen LogP contribution >= 0.6 is 11.6 Å². The van der Waals surface area contributed by atoms with E-state index in [0.29, 0.717) is 5.02 Å². The van der Waals surface area contributed by atoms with Gasteiger partial charge in [-0.2, -0.15) is 0 Å². The number of ether oxygens (including phenoxy) is 1. The fourth-order valence-electron chi connectivity index (χ4n) is 3.90. The third-order valence-corrected chi connectivity index (χ3v) is 8.02. The number of hydrogen-bond donors (Lipinski definition) is 1. The lowest BCUT2D eigenvalue weighted by atomic mass is 9.98. The summed E-state index contributed by atoms with van der Waals surface area (Å²) >= 11 is 5.90. The molecule has 150 valence electrons. The van der Waals surface area contributed by atoms with Crippen molar-refractivity contribution in [2.24, 2.45) is 11.1 Å². The van der Waals surface area contributed by atoms with Gasteiger partial charge in [0.15, 0.2) is 9.84 Å². The Morgan fingerprint density at radius 1 is 1.11 bits per heavy atom. The summed E-state index contributed by atoms with van der Waals surface area (Å²) in [5.41, 5.74) is 6.61. The molecule has 3 rings (SSSR count). The molecule has 1 saturated carbocycles. The van der Waals surface area contributed by atoms with Crippen LogP contribution in [0.25, 0.3) is 0 Å². The van der Waals surface area contributed by atoms with Gasteiger partial charge in [-0.3, -0.25) is 4.79 Å². The molecule has 0 radical (unpaired) electrons. The maximum absolute atomic E-state index is 13.4. The summed E-state index contributed by atoms with van der Waals surface area (Å²) in [6, 6.07) is 13.6. The lowest BCUT2D eigenvalue weighted by molar-refractivity contribution is -0.149. The molecule has 0 saturated heterocycles. The molecule has 0 aliphatic heterocycles. The van der Waals surface area contributed by atoms with Crippen molar-refractivity contribution in [3.8, 4) is 0 Å². The largest absolute Gasteiger partial charge is 0.465 e. The highest BCUT2D eigenvalue weighted by Gasteiger charge is 2.75. The van der Waals surface area contributed by atoms with Gasteiger partial charge in [0.05, 0.1) is 16.8 Å². The zero-order chi connectivity index (χ0) is 20.5. The number of esters is 1. The van der Waals surface area contributed by atoms with Crippen molar-refractivity contribution in [2.45, 2.75) is 36.3 Å². The van der Waals surface area contributed by atoms with E-state index in [0.717, 1.165) is 17.5 Å². The van der Waals surface area contributed by atoms with E-state index in [-0.39, 0.29) is 18.0 Å². The van der Waals surface area contributed by atoms with Crippen LogP contribution in [0.15, 0.2) is 53.4 Å². The van der Waals surface area contributed by atoms with Gasteiger partial charge in [0, 0.05) is 17.5 Å². The van der Waals surface area contributed by atoms with E-state index in [4.69, 9.17) is 22.1 Å². The standard InChI is InChI=1S/C21H24ClNO4S/c1-3-14-5-7-15(8-6-14)18-19(21(18,13-23)20(24)27-4-2)28(25,26)17-11-9-16(22)10-12-17/h5-12,18-19H,3-4,13,23H2,1-2H3/t18-,19+,21+/m1/s1. The minimum atomic E-state index is -3.82. The number of aryl methyl sites for hydroxylation is 1. The van der Waals surface area contributed by atoms with Crippen molar-refractivity contribution in [3.05, 3.63) is 64.7 Å². The third-order valence-electron chi connectivity index (χ3n) is 5.47. The molecule has 3 atom stereocenters. The molecule has 1 fully saturated rings. The Morgan fingerprint density at radius 3 is 2.21 bits per heavy atom. The maximum Gasteiger partial charge on any atom is 0.315 e. The first-order valence-electron chi connectivity index (χ1n) is 9.28. The minimum absolute atomic E-state index is 0.108. The van der Waals surface area contributed by atoms with Crippen molar-refractivity contribution in [1.82, 2.24) is 0 Å². The SMILES string of the molecule is CCOC(=O)[C@@]1(CN)[C@H](c2ccc(CC)cc2)[C@@H]1S(=O)(=O)c1ccc(Cl)cc1. The normalized spacial score (nSPS) is 24.0. The van der Waals surface area contributed by atoms with E-state index in [9.17, 15) is 13.2 Å². The summed E-state index contributed by atoms with van der Waals surface area (Å²) in [5, 5.41) is -0.533. The fourth-order valence-corrected chi connectivity index (χ4v) is 6.41. The second-order valence-electron chi connectivity index (χ2n) is 6.96. The zero-order valence-electron chi connectivity index (χ0n) is 15.9. The van der Waals surface area contributed by atoms with Crippen molar-refractivity contribution >= 4 is 27.4 Å². The lowest BCUT2D eigenvalue weighted by Crippen LogP contribution is -2.33. The molecule has 28 heavy (non-hydrogen) atoms. The van der Waals surface area contributed by atoms with Gasteiger partial charge in [0.2, 0.25) is 0 Å². The summed E-state index contributed by atoms with van der Waals surface area (Å²) in [5.74, 6) is -1.12. The third kappa shape index (κ3) is 3.34. The van der Waals surface area contributed by atoms with Crippen LogP contribution < -0.4 is 5.73 Å². The minimum Gasteiger partial charge on any atom is -0.465 e. The number of carbonyl (C=O) groups is 1. The number of nitrogens with two attached hydrogens (primary N) is 1. The topological polar surface area (TPSA) is 86.5 Å². The first-order valence-corrected chi connectivity index (χ1v) is 11.2. The van der Waals surface area contributed by atoms with Crippen LogP contribution in [-0.2, 0) is 25.8 Å². The number of carbonyl (C=O) groups excluding carboxylic acids is 1. The van der Waals surface area contributed by atoms with Gasteiger partial charge < -0.3 is 10.5 Å². The molecule has 1 aliphatic rings. The van der Waals surface area contributed by atoms with E-state index in [1.807, 2.05) is 31.2 Å². The van der Waals surface area contributed by atoms with Gasteiger partial charge in [-0.15, -0.1) is 0 Å². The molecule has 2 N–H and O–H groups in total. The number of halogens is 1. The van der Waals surface area contributed by atoms with Gasteiger partial charge in [-0.25, -0.2) is 8.42 Å². The Kier molecular flexibility index (Phi) is 5.84. The van der Waals surface area contributed by atoms with Crippen LogP contribution in [-0.4, -0.2) is 32.8 Å². The van der Waals surface area contributed by atoms with Crippen LogP contribution in [0.1, 0.15) is 30.9 Å². The molecular weight excluding hydrogens is 398 g/mol. The van der Waals surface area contributed by atoms with Gasteiger partial charge in [-0.05, 0) is 48.7 Å². The Morgan fingerprint density at radius 2 is 1.71 bits per heavy atom. The molecule has 1 aliphatic carbocycles. The number of hydrogen-bond acceptors (Lipinski definition) is 5. The summed E-state index contributed by atoms with van der Waals surface area (Å²) in [7, 11) is -3.82. The van der Waals surface area contributed by atoms with Crippen molar-refractivity contribution in [1.29, 1.82) is 0 Å². The predicted molar refractivity (Wildman–Crippen MR) is 109 cm³/mol. The van der Waals surface area contributed by atoms with Crippen LogP contribution in [0, 0.1) is 5.41 Å². The van der Waals surface area contributed by atoms with Crippen LogP contribution in [0.2, 0.25) is 5.02 Å². The average Bonchev–Trinajstić information content (AvgIpc) is 3.40. The van der Waals surface area contributed by atoms with E-state index >= 15 is 0 Å². The van der Waals surface area contributed by atoms with Crippen molar-refractivity contribution < 1.29 is 17.9 Å². The van der Waals surface area contributed by atoms with Crippen LogP contribution in [0.3, 0.4) is 0 Å². The lowest BCUT2D eigenvalue weighted by Gasteiger charge is -2.14. The molecule has 0 unspecified atom stereocenters. The summed E-state index contributed by atoms with van der Waals surface area (Å²) in [6.07, 6.45) is 0.872. The Labute approximate surface area is 170 Å². The van der Waals surface area contributed by atoms with E-state index in [1.165, 1.54) is 24.3 Å². The Hall–Kier alpha value is -1.89. The quantitative estimate of drug-likeness (QED) is 0.693.